The second kappa shape index (κ2) is 6.93. The zero-order chi connectivity index (χ0) is 18.8. The molecule has 134 valence electrons. The molecule has 2 N–H and O–H groups in total. The smallest absolute Gasteiger partial charge is 0.339 e. The summed E-state index contributed by atoms with van der Waals surface area (Å²) in [4.78, 5) is 10.8. The maximum absolute atomic E-state index is 13.2. The number of sulfonamides is 1. The Hall–Kier alpha value is -2.88. The fourth-order valence-electron chi connectivity index (χ4n) is 2.08. The highest BCUT2D eigenvalue weighted by Gasteiger charge is 2.24. The molecule has 0 fully saturated rings. The SMILES string of the molecule is COc1cc(S(=O)(=O)Nc2cc(F)cc(F)c2)cc(C(=O)O)c1OC. The second-order valence-corrected chi connectivity index (χ2v) is 6.46. The van der Waals surface area contributed by atoms with Crippen LogP contribution in [-0.2, 0) is 10.0 Å². The molecule has 0 aliphatic carbocycles. The van der Waals surface area contributed by atoms with Gasteiger partial charge in [-0.05, 0) is 18.2 Å². The average Bonchev–Trinajstić information content (AvgIpc) is 2.51. The number of halogens is 2. The topological polar surface area (TPSA) is 102 Å². The van der Waals surface area contributed by atoms with Crippen molar-refractivity contribution in [3.8, 4) is 11.5 Å². The Balaban J connectivity index is 2.55. The molecule has 2 rings (SSSR count). The van der Waals surface area contributed by atoms with E-state index in [1.807, 2.05) is 4.72 Å². The van der Waals surface area contributed by atoms with E-state index in [0.29, 0.717) is 6.07 Å². The summed E-state index contributed by atoms with van der Waals surface area (Å²) in [5, 5.41) is 9.22. The molecule has 0 saturated heterocycles. The Morgan fingerprint density at radius 2 is 1.64 bits per heavy atom. The monoisotopic (exact) mass is 373 g/mol. The molecule has 0 aliphatic heterocycles. The van der Waals surface area contributed by atoms with Gasteiger partial charge in [-0.1, -0.05) is 0 Å². The van der Waals surface area contributed by atoms with Crippen LogP contribution in [0.3, 0.4) is 0 Å². The summed E-state index contributed by atoms with van der Waals surface area (Å²) < 4.78 is 63.1. The minimum absolute atomic E-state index is 0.131. The zero-order valence-corrected chi connectivity index (χ0v) is 13.9. The third kappa shape index (κ3) is 3.97. The molecule has 25 heavy (non-hydrogen) atoms. The third-order valence-corrected chi connectivity index (χ3v) is 4.47. The number of anilines is 1. The van der Waals surface area contributed by atoms with Crippen LogP contribution in [0.4, 0.5) is 14.5 Å². The van der Waals surface area contributed by atoms with Crippen molar-refractivity contribution < 1.29 is 36.6 Å². The molecule has 7 nitrogen and oxygen atoms in total. The number of ether oxygens (including phenoxy) is 2. The minimum Gasteiger partial charge on any atom is -0.493 e. The first-order valence-electron chi connectivity index (χ1n) is 6.66. The van der Waals surface area contributed by atoms with Gasteiger partial charge >= 0.3 is 5.97 Å². The van der Waals surface area contributed by atoms with Crippen molar-refractivity contribution >= 4 is 21.7 Å². The number of methoxy groups -OCH3 is 2. The first-order chi connectivity index (χ1) is 11.7. The molecule has 0 aliphatic rings. The maximum Gasteiger partial charge on any atom is 0.339 e. The number of carboxylic acid groups (broad SMARTS) is 1. The summed E-state index contributed by atoms with van der Waals surface area (Å²) in [7, 11) is -1.94. The summed E-state index contributed by atoms with van der Waals surface area (Å²) in [6, 6.07) is 4.01. The van der Waals surface area contributed by atoms with Crippen LogP contribution in [0.15, 0.2) is 35.2 Å². The lowest BCUT2D eigenvalue weighted by Crippen LogP contribution is -2.15. The van der Waals surface area contributed by atoms with Crippen molar-refractivity contribution in [1.82, 2.24) is 0 Å². The van der Waals surface area contributed by atoms with Crippen LogP contribution in [-0.4, -0.2) is 33.7 Å². The van der Waals surface area contributed by atoms with E-state index in [4.69, 9.17) is 9.47 Å². The molecule has 0 heterocycles. The van der Waals surface area contributed by atoms with Crippen LogP contribution < -0.4 is 14.2 Å². The van der Waals surface area contributed by atoms with Gasteiger partial charge in [0.05, 0.1) is 24.8 Å². The van der Waals surface area contributed by atoms with Gasteiger partial charge in [0, 0.05) is 12.1 Å². The van der Waals surface area contributed by atoms with Crippen molar-refractivity contribution in [2.75, 3.05) is 18.9 Å². The number of hydrogen-bond acceptors (Lipinski definition) is 5. The number of rotatable bonds is 6. The highest BCUT2D eigenvalue weighted by molar-refractivity contribution is 7.92. The molecule has 0 amide bonds. The van der Waals surface area contributed by atoms with Gasteiger partial charge in [-0.25, -0.2) is 22.0 Å². The third-order valence-electron chi connectivity index (χ3n) is 3.11. The Bertz CT molecular complexity index is 910. The van der Waals surface area contributed by atoms with Gasteiger partial charge in [0.25, 0.3) is 10.0 Å². The Morgan fingerprint density at radius 3 is 2.12 bits per heavy atom. The predicted octanol–water partition coefficient (Wildman–Crippen LogP) is 2.48. The van der Waals surface area contributed by atoms with Crippen molar-refractivity contribution in [3.63, 3.8) is 0 Å². The molecule has 2 aromatic carbocycles. The molecule has 0 aromatic heterocycles. The lowest BCUT2D eigenvalue weighted by atomic mass is 10.2. The lowest BCUT2D eigenvalue weighted by Gasteiger charge is -2.14. The largest absolute Gasteiger partial charge is 0.493 e. The highest BCUT2D eigenvalue weighted by Crippen LogP contribution is 2.34. The Labute approximate surface area is 141 Å². The minimum atomic E-state index is -4.34. The molecular weight excluding hydrogens is 360 g/mol. The van der Waals surface area contributed by atoms with E-state index >= 15 is 0 Å². The molecule has 0 unspecified atom stereocenters. The van der Waals surface area contributed by atoms with Gasteiger partial charge in [-0.2, -0.15) is 0 Å². The summed E-state index contributed by atoms with van der Waals surface area (Å²) in [5.41, 5.74) is -0.809. The standard InChI is InChI=1S/C15H13F2NO6S/c1-23-13-7-11(6-12(15(19)20)14(13)24-2)25(21,22)18-10-4-8(16)3-9(17)5-10/h3-7,18H,1-2H3,(H,19,20). The number of nitrogens with one attached hydrogen (secondary N) is 1. The van der Waals surface area contributed by atoms with E-state index in [0.717, 1.165) is 24.3 Å². The molecule has 2 aromatic rings. The quantitative estimate of drug-likeness (QED) is 0.807. The number of hydrogen-bond donors (Lipinski definition) is 2. The van der Waals surface area contributed by atoms with Crippen LogP contribution in [0.5, 0.6) is 11.5 Å². The fraction of sp³-hybridized carbons (Fsp3) is 0.133. The van der Waals surface area contributed by atoms with Crippen molar-refractivity contribution in [2.45, 2.75) is 4.90 Å². The summed E-state index contributed by atoms with van der Waals surface area (Å²) in [6.07, 6.45) is 0. The molecule has 0 spiro atoms. The van der Waals surface area contributed by atoms with Crippen LogP contribution >= 0.6 is 0 Å². The van der Waals surface area contributed by atoms with Gasteiger partial charge < -0.3 is 14.6 Å². The summed E-state index contributed by atoms with van der Waals surface area (Å²) in [5.74, 6) is -3.68. The van der Waals surface area contributed by atoms with Crippen LogP contribution in [0.1, 0.15) is 10.4 Å². The number of benzene rings is 2. The second-order valence-electron chi connectivity index (χ2n) is 4.78. The maximum atomic E-state index is 13.2. The van der Waals surface area contributed by atoms with Crippen molar-refractivity contribution in [1.29, 1.82) is 0 Å². The van der Waals surface area contributed by atoms with Crippen LogP contribution in [0.2, 0.25) is 0 Å². The van der Waals surface area contributed by atoms with E-state index in [-0.39, 0.29) is 17.2 Å². The average molecular weight is 373 g/mol. The van der Waals surface area contributed by atoms with Gasteiger partial charge in [0.1, 0.15) is 17.2 Å². The summed E-state index contributed by atoms with van der Waals surface area (Å²) in [6.45, 7) is 0. The summed E-state index contributed by atoms with van der Waals surface area (Å²) >= 11 is 0. The van der Waals surface area contributed by atoms with E-state index < -0.39 is 38.1 Å². The molecule has 0 saturated carbocycles. The Morgan fingerprint density at radius 1 is 1.04 bits per heavy atom. The molecular formula is C15H13F2NO6S. The fourth-order valence-corrected chi connectivity index (χ4v) is 3.16. The van der Waals surface area contributed by atoms with E-state index in [1.54, 1.807) is 0 Å². The normalized spacial score (nSPS) is 11.0. The van der Waals surface area contributed by atoms with Gasteiger partial charge in [0.2, 0.25) is 0 Å². The first-order valence-corrected chi connectivity index (χ1v) is 8.14. The van der Waals surface area contributed by atoms with Gasteiger partial charge in [-0.3, -0.25) is 4.72 Å². The zero-order valence-electron chi connectivity index (χ0n) is 13.0. The van der Waals surface area contributed by atoms with Crippen LogP contribution in [0, 0.1) is 11.6 Å². The molecule has 0 atom stereocenters. The first kappa shape index (κ1) is 18.5. The van der Waals surface area contributed by atoms with Crippen molar-refractivity contribution in [3.05, 3.63) is 47.5 Å². The Kier molecular flexibility index (Phi) is 5.12. The number of aromatic carboxylic acids is 1. The molecule has 10 heteroatoms. The number of carboxylic acids is 1. The van der Waals surface area contributed by atoms with E-state index in [9.17, 15) is 27.1 Å². The van der Waals surface area contributed by atoms with Crippen molar-refractivity contribution in [2.24, 2.45) is 0 Å². The van der Waals surface area contributed by atoms with E-state index in [2.05, 4.69) is 0 Å². The van der Waals surface area contributed by atoms with Gasteiger partial charge in [-0.15, -0.1) is 0 Å². The van der Waals surface area contributed by atoms with E-state index in [1.165, 1.54) is 14.2 Å². The lowest BCUT2D eigenvalue weighted by molar-refractivity contribution is 0.0692. The van der Waals surface area contributed by atoms with Gasteiger partial charge in [0.15, 0.2) is 11.5 Å². The van der Waals surface area contributed by atoms with Crippen LogP contribution in [0.25, 0.3) is 0 Å². The number of carbonyl (C=O) groups is 1. The predicted molar refractivity (Wildman–Crippen MR) is 83.7 cm³/mol. The highest BCUT2D eigenvalue weighted by atomic mass is 32.2. The molecule has 0 bridgehead atoms. The molecule has 0 radical (unpaired) electrons.